The van der Waals surface area contributed by atoms with Gasteiger partial charge in [-0.2, -0.15) is 0 Å². The largest absolute Gasteiger partial charge is 0.345 e. The Balaban J connectivity index is 1.93. The number of amides is 1. The minimum Gasteiger partial charge on any atom is -0.345 e. The van der Waals surface area contributed by atoms with Crippen molar-refractivity contribution < 1.29 is 4.79 Å². The number of rotatable bonds is 5. The number of carbonyl (C=O) groups excluding carboxylic acids is 1. The van der Waals surface area contributed by atoms with E-state index in [1.54, 1.807) is 12.4 Å². The van der Waals surface area contributed by atoms with Crippen molar-refractivity contribution in [1.29, 1.82) is 0 Å². The molecule has 1 unspecified atom stereocenters. The third kappa shape index (κ3) is 3.37. The normalized spacial score (nSPS) is 22.5. The summed E-state index contributed by atoms with van der Waals surface area (Å²) in [6, 6.07) is 4.02. The van der Waals surface area contributed by atoms with E-state index in [1.165, 1.54) is 5.56 Å². The smallest absolute Gasteiger partial charge is 0.229 e. The van der Waals surface area contributed by atoms with Gasteiger partial charge in [0.25, 0.3) is 0 Å². The third-order valence-corrected chi connectivity index (χ3v) is 4.43. The van der Waals surface area contributed by atoms with Crippen molar-refractivity contribution in [2.75, 3.05) is 26.7 Å². The first-order valence-electron chi connectivity index (χ1n) is 7.53. The van der Waals surface area contributed by atoms with E-state index < -0.39 is 0 Å². The summed E-state index contributed by atoms with van der Waals surface area (Å²) in [5, 5.41) is 3.38. The zero-order chi connectivity index (χ0) is 14.4. The van der Waals surface area contributed by atoms with E-state index in [4.69, 9.17) is 0 Å². The second kappa shape index (κ2) is 6.84. The number of likely N-dealkylation sites (N-methyl/N-ethyl adjacent to an activating group) is 1. The first-order chi connectivity index (χ1) is 9.68. The molecule has 0 aromatic carbocycles. The monoisotopic (exact) mass is 275 g/mol. The Morgan fingerprint density at radius 3 is 2.80 bits per heavy atom. The van der Waals surface area contributed by atoms with Crippen LogP contribution in [0.1, 0.15) is 31.7 Å². The van der Waals surface area contributed by atoms with Crippen molar-refractivity contribution in [2.24, 2.45) is 5.41 Å². The van der Waals surface area contributed by atoms with Crippen LogP contribution in [0.4, 0.5) is 0 Å². The van der Waals surface area contributed by atoms with Gasteiger partial charge in [0.05, 0.1) is 5.41 Å². The molecule has 1 fully saturated rings. The van der Waals surface area contributed by atoms with Crippen molar-refractivity contribution >= 4 is 5.91 Å². The maximum absolute atomic E-state index is 12.7. The highest BCUT2D eigenvalue weighted by Crippen LogP contribution is 2.32. The van der Waals surface area contributed by atoms with Crippen LogP contribution in [0, 0.1) is 5.41 Å². The Bertz CT molecular complexity index is 427. The van der Waals surface area contributed by atoms with Crippen molar-refractivity contribution in [3.63, 3.8) is 0 Å². The van der Waals surface area contributed by atoms with Gasteiger partial charge >= 0.3 is 0 Å². The molecule has 1 aromatic rings. The summed E-state index contributed by atoms with van der Waals surface area (Å²) in [5.74, 6) is 0.293. The second-order valence-corrected chi connectivity index (χ2v) is 5.75. The molecule has 2 heterocycles. The molecule has 1 atom stereocenters. The summed E-state index contributed by atoms with van der Waals surface area (Å²) in [4.78, 5) is 18.7. The van der Waals surface area contributed by atoms with Gasteiger partial charge < -0.3 is 10.2 Å². The Morgan fingerprint density at radius 1 is 1.45 bits per heavy atom. The lowest BCUT2D eigenvalue weighted by Gasteiger charge is -2.38. The molecule has 1 saturated heterocycles. The fourth-order valence-electron chi connectivity index (χ4n) is 2.96. The van der Waals surface area contributed by atoms with Gasteiger partial charge in [0.15, 0.2) is 0 Å². The van der Waals surface area contributed by atoms with Crippen LogP contribution in [0.25, 0.3) is 0 Å². The predicted octanol–water partition coefficient (Wildman–Crippen LogP) is 1.86. The van der Waals surface area contributed by atoms with Crippen LogP contribution < -0.4 is 5.32 Å². The van der Waals surface area contributed by atoms with Crippen molar-refractivity contribution in [1.82, 2.24) is 15.2 Å². The van der Waals surface area contributed by atoms with Gasteiger partial charge in [0.2, 0.25) is 5.91 Å². The first-order valence-corrected chi connectivity index (χ1v) is 7.53. The Kier molecular flexibility index (Phi) is 5.12. The van der Waals surface area contributed by atoms with Gasteiger partial charge in [-0.05, 0) is 49.9 Å². The molecule has 4 nitrogen and oxygen atoms in total. The summed E-state index contributed by atoms with van der Waals surface area (Å²) in [6.07, 6.45) is 7.51. The van der Waals surface area contributed by atoms with Gasteiger partial charge in [0.1, 0.15) is 0 Å². The lowest BCUT2D eigenvalue weighted by Crippen LogP contribution is -2.51. The van der Waals surface area contributed by atoms with Crippen molar-refractivity contribution in [3.8, 4) is 0 Å². The molecule has 0 radical (unpaired) electrons. The van der Waals surface area contributed by atoms with E-state index in [-0.39, 0.29) is 5.41 Å². The quantitative estimate of drug-likeness (QED) is 0.892. The van der Waals surface area contributed by atoms with E-state index in [9.17, 15) is 4.79 Å². The molecule has 2 rings (SSSR count). The molecule has 0 saturated carbocycles. The van der Waals surface area contributed by atoms with Gasteiger partial charge in [-0.15, -0.1) is 0 Å². The number of piperidine rings is 1. The van der Waals surface area contributed by atoms with Gasteiger partial charge in [-0.3, -0.25) is 9.78 Å². The van der Waals surface area contributed by atoms with E-state index in [0.29, 0.717) is 5.91 Å². The molecule has 4 heteroatoms. The third-order valence-electron chi connectivity index (χ3n) is 4.43. The van der Waals surface area contributed by atoms with E-state index >= 15 is 0 Å². The highest BCUT2D eigenvalue weighted by molar-refractivity contribution is 5.83. The SMILES string of the molecule is CCC1(C(=O)N(C)CCc2ccncc2)CCCNC1. The Labute approximate surface area is 121 Å². The van der Waals surface area contributed by atoms with Crippen molar-refractivity contribution in [3.05, 3.63) is 30.1 Å². The lowest BCUT2D eigenvalue weighted by molar-refractivity contribution is -0.142. The zero-order valence-electron chi connectivity index (χ0n) is 12.6. The molecule has 1 aliphatic heterocycles. The molecule has 1 aromatic heterocycles. The summed E-state index contributed by atoms with van der Waals surface area (Å²) < 4.78 is 0. The van der Waals surface area contributed by atoms with Gasteiger partial charge in [-0.1, -0.05) is 6.92 Å². The first kappa shape index (κ1) is 15.0. The van der Waals surface area contributed by atoms with Crippen LogP contribution >= 0.6 is 0 Å². The maximum Gasteiger partial charge on any atom is 0.229 e. The van der Waals surface area contributed by atoms with Gasteiger partial charge in [-0.25, -0.2) is 0 Å². The number of hydrogen-bond acceptors (Lipinski definition) is 3. The average molecular weight is 275 g/mol. The minimum absolute atomic E-state index is 0.189. The Morgan fingerprint density at radius 2 is 2.20 bits per heavy atom. The predicted molar refractivity (Wildman–Crippen MR) is 80.4 cm³/mol. The number of carbonyl (C=O) groups is 1. The lowest BCUT2D eigenvalue weighted by atomic mass is 9.77. The fourth-order valence-corrected chi connectivity index (χ4v) is 2.96. The molecular weight excluding hydrogens is 250 g/mol. The maximum atomic E-state index is 12.7. The van der Waals surface area contributed by atoms with Crippen LogP contribution in [0.15, 0.2) is 24.5 Å². The number of pyridine rings is 1. The standard InChI is InChI=1S/C16H25N3O/c1-3-16(8-4-9-18-13-16)15(20)19(2)12-7-14-5-10-17-11-6-14/h5-6,10-11,18H,3-4,7-9,12-13H2,1-2H3. The molecule has 20 heavy (non-hydrogen) atoms. The summed E-state index contributed by atoms with van der Waals surface area (Å²) >= 11 is 0. The summed E-state index contributed by atoms with van der Waals surface area (Å²) in [7, 11) is 1.93. The van der Waals surface area contributed by atoms with Crippen LogP contribution in [0.5, 0.6) is 0 Å². The molecule has 0 aliphatic carbocycles. The molecule has 1 N–H and O–H groups in total. The summed E-state index contributed by atoms with van der Waals surface area (Å²) in [5.41, 5.74) is 1.04. The molecule has 1 aliphatic rings. The van der Waals surface area contributed by atoms with Crippen LogP contribution in [-0.4, -0.2) is 42.5 Å². The number of nitrogens with zero attached hydrogens (tertiary/aromatic N) is 2. The zero-order valence-corrected chi connectivity index (χ0v) is 12.6. The van der Waals surface area contributed by atoms with Crippen LogP contribution in [-0.2, 0) is 11.2 Å². The van der Waals surface area contributed by atoms with Crippen molar-refractivity contribution in [2.45, 2.75) is 32.6 Å². The highest BCUT2D eigenvalue weighted by Gasteiger charge is 2.39. The van der Waals surface area contributed by atoms with E-state index in [0.717, 1.165) is 45.3 Å². The van der Waals surface area contributed by atoms with Crippen LogP contribution in [0.3, 0.4) is 0 Å². The second-order valence-electron chi connectivity index (χ2n) is 5.75. The minimum atomic E-state index is -0.189. The van der Waals surface area contributed by atoms with E-state index in [1.807, 2.05) is 24.1 Å². The number of aromatic nitrogens is 1. The number of hydrogen-bond donors (Lipinski definition) is 1. The molecule has 0 spiro atoms. The fraction of sp³-hybridized carbons (Fsp3) is 0.625. The molecular formula is C16H25N3O. The Hall–Kier alpha value is -1.42. The molecule has 1 amide bonds. The van der Waals surface area contributed by atoms with Gasteiger partial charge in [0, 0.05) is 32.5 Å². The summed E-state index contributed by atoms with van der Waals surface area (Å²) in [6.45, 7) is 4.75. The molecule has 110 valence electrons. The topological polar surface area (TPSA) is 45.2 Å². The van der Waals surface area contributed by atoms with E-state index in [2.05, 4.69) is 17.2 Å². The number of nitrogens with one attached hydrogen (secondary N) is 1. The molecule has 0 bridgehead atoms. The highest BCUT2D eigenvalue weighted by atomic mass is 16.2. The van der Waals surface area contributed by atoms with Crippen LogP contribution in [0.2, 0.25) is 0 Å². The average Bonchev–Trinajstić information content (AvgIpc) is 2.53.